The molecule has 0 spiro atoms. The van der Waals surface area contributed by atoms with E-state index in [-0.39, 0.29) is 11.3 Å². The Balaban J connectivity index is 1.46. The van der Waals surface area contributed by atoms with Gasteiger partial charge in [0.05, 0.1) is 5.56 Å². The van der Waals surface area contributed by atoms with Gasteiger partial charge in [-0.25, -0.2) is 0 Å². The molecule has 1 saturated heterocycles. The van der Waals surface area contributed by atoms with Gasteiger partial charge < -0.3 is 10.2 Å². The zero-order valence-electron chi connectivity index (χ0n) is 21.0. The number of benzene rings is 3. The standard InChI is InChI=1S/C30H32ClF3N2O/c1-2-22-8-3-5-12-26(22)28(37)35-21-29(24-10-7-11-25(31)20-24)15-18-36(19-16-29)17-14-23-9-4-6-13-27(23)30(32,33)34/h3-13,20H,2,14-19,21H2,1H3,(H,35,37). The largest absolute Gasteiger partial charge is 0.416 e. The Labute approximate surface area is 221 Å². The fourth-order valence-electron chi connectivity index (χ4n) is 5.28. The van der Waals surface area contributed by atoms with Crippen LogP contribution in [-0.4, -0.2) is 37.0 Å². The van der Waals surface area contributed by atoms with Crippen LogP contribution in [0.1, 0.15) is 52.4 Å². The number of carbonyl (C=O) groups excluding carboxylic acids is 1. The van der Waals surface area contributed by atoms with Gasteiger partial charge in [-0.2, -0.15) is 13.2 Å². The summed E-state index contributed by atoms with van der Waals surface area (Å²) in [4.78, 5) is 15.3. The minimum Gasteiger partial charge on any atom is -0.351 e. The van der Waals surface area contributed by atoms with E-state index in [2.05, 4.69) is 10.2 Å². The van der Waals surface area contributed by atoms with E-state index in [9.17, 15) is 18.0 Å². The second-order valence-electron chi connectivity index (χ2n) is 9.73. The summed E-state index contributed by atoms with van der Waals surface area (Å²) in [5.41, 5.74) is 2.23. The smallest absolute Gasteiger partial charge is 0.351 e. The highest BCUT2D eigenvalue weighted by Gasteiger charge is 2.37. The van der Waals surface area contributed by atoms with Gasteiger partial charge in [-0.15, -0.1) is 0 Å². The van der Waals surface area contributed by atoms with Gasteiger partial charge in [0.25, 0.3) is 5.91 Å². The average molecular weight is 529 g/mol. The maximum atomic E-state index is 13.4. The molecular weight excluding hydrogens is 497 g/mol. The number of halogens is 4. The highest BCUT2D eigenvalue weighted by Crippen LogP contribution is 2.37. The van der Waals surface area contributed by atoms with Crippen LogP contribution < -0.4 is 5.32 Å². The first-order valence-electron chi connectivity index (χ1n) is 12.7. The minimum atomic E-state index is -4.35. The highest BCUT2D eigenvalue weighted by atomic mass is 35.5. The summed E-state index contributed by atoms with van der Waals surface area (Å²) in [6, 6.07) is 21.2. The minimum absolute atomic E-state index is 0.0926. The average Bonchev–Trinajstić information content (AvgIpc) is 2.91. The molecule has 4 rings (SSSR count). The molecule has 0 aromatic heterocycles. The SMILES string of the molecule is CCc1ccccc1C(=O)NCC1(c2cccc(Cl)c2)CCN(CCc2ccccc2C(F)(F)F)CC1. The lowest BCUT2D eigenvalue weighted by Crippen LogP contribution is -2.49. The predicted octanol–water partition coefficient (Wildman–Crippen LogP) is 6.93. The Hall–Kier alpha value is -2.83. The summed E-state index contributed by atoms with van der Waals surface area (Å²) >= 11 is 6.33. The number of nitrogens with zero attached hydrogens (tertiary/aromatic N) is 1. The Bertz CT molecular complexity index is 1220. The molecule has 3 aromatic rings. The maximum Gasteiger partial charge on any atom is 0.416 e. The second-order valence-corrected chi connectivity index (χ2v) is 10.2. The van der Waals surface area contributed by atoms with Crippen LogP contribution in [0.4, 0.5) is 13.2 Å². The number of rotatable bonds is 8. The number of likely N-dealkylation sites (tertiary alicyclic amines) is 1. The lowest BCUT2D eigenvalue weighted by molar-refractivity contribution is -0.138. The molecule has 1 heterocycles. The van der Waals surface area contributed by atoms with E-state index in [1.165, 1.54) is 6.07 Å². The normalized spacial score (nSPS) is 15.9. The van der Waals surface area contributed by atoms with E-state index < -0.39 is 11.7 Å². The molecule has 0 atom stereocenters. The first kappa shape index (κ1) is 27.2. The third kappa shape index (κ3) is 6.55. The third-order valence-electron chi connectivity index (χ3n) is 7.50. The molecular formula is C30H32ClF3N2O. The fraction of sp³-hybridized carbons (Fsp3) is 0.367. The topological polar surface area (TPSA) is 32.3 Å². The molecule has 1 aliphatic rings. The Morgan fingerprint density at radius 3 is 2.32 bits per heavy atom. The number of hydrogen-bond acceptors (Lipinski definition) is 2. The summed E-state index contributed by atoms with van der Waals surface area (Å²) in [5, 5.41) is 3.82. The van der Waals surface area contributed by atoms with Crippen LogP contribution in [0.2, 0.25) is 5.02 Å². The van der Waals surface area contributed by atoms with Crippen molar-refractivity contribution in [3.05, 3.63) is 106 Å². The van der Waals surface area contributed by atoms with Gasteiger partial charge in [-0.1, -0.05) is 67.1 Å². The number of aryl methyl sites for hydroxylation is 1. The van der Waals surface area contributed by atoms with Crippen LogP contribution in [-0.2, 0) is 24.4 Å². The van der Waals surface area contributed by atoms with Crippen molar-refractivity contribution in [2.45, 2.75) is 44.2 Å². The summed E-state index contributed by atoms with van der Waals surface area (Å²) in [5.74, 6) is -0.0926. The van der Waals surface area contributed by atoms with Crippen LogP contribution in [0.15, 0.2) is 72.8 Å². The molecule has 1 aliphatic heterocycles. The molecule has 196 valence electrons. The van der Waals surface area contributed by atoms with Gasteiger partial charge in [-0.3, -0.25) is 4.79 Å². The third-order valence-corrected chi connectivity index (χ3v) is 7.74. The Morgan fingerprint density at radius 1 is 0.973 bits per heavy atom. The van der Waals surface area contributed by atoms with Crippen molar-refractivity contribution in [3.63, 3.8) is 0 Å². The molecule has 1 fully saturated rings. The number of piperidine rings is 1. The molecule has 7 heteroatoms. The molecule has 0 bridgehead atoms. The first-order valence-corrected chi connectivity index (χ1v) is 13.1. The lowest BCUT2D eigenvalue weighted by atomic mass is 9.72. The van der Waals surface area contributed by atoms with Crippen LogP contribution in [0.25, 0.3) is 0 Å². The number of alkyl halides is 3. The molecule has 0 saturated carbocycles. The summed E-state index contributed by atoms with van der Waals surface area (Å²) in [7, 11) is 0. The van der Waals surface area contributed by atoms with E-state index >= 15 is 0 Å². The summed E-state index contributed by atoms with van der Waals surface area (Å²) < 4.78 is 40.2. The van der Waals surface area contributed by atoms with Gasteiger partial charge in [-0.05, 0) is 79.7 Å². The predicted molar refractivity (Wildman–Crippen MR) is 142 cm³/mol. The first-order chi connectivity index (χ1) is 17.7. The summed E-state index contributed by atoms with van der Waals surface area (Å²) in [6.07, 6.45) is -1.71. The molecule has 1 N–H and O–H groups in total. The fourth-order valence-corrected chi connectivity index (χ4v) is 5.47. The van der Waals surface area contributed by atoms with E-state index in [1.54, 1.807) is 12.1 Å². The quantitative estimate of drug-likeness (QED) is 0.344. The molecule has 3 aromatic carbocycles. The van der Waals surface area contributed by atoms with Gasteiger partial charge in [0.15, 0.2) is 0 Å². The monoisotopic (exact) mass is 528 g/mol. The zero-order valence-corrected chi connectivity index (χ0v) is 21.7. The van der Waals surface area contributed by atoms with Crippen molar-refractivity contribution < 1.29 is 18.0 Å². The van der Waals surface area contributed by atoms with Crippen molar-refractivity contribution in [2.75, 3.05) is 26.2 Å². The maximum absolute atomic E-state index is 13.4. The lowest BCUT2D eigenvalue weighted by Gasteiger charge is -2.42. The molecule has 3 nitrogen and oxygen atoms in total. The van der Waals surface area contributed by atoms with E-state index in [1.807, 2.05) is 55.5 Å². The molecule has 0 unspecified atom stereocenters. The number of carbonyl (C=O) groups is 1. The van der Waals surface area contributed by atoms with E-state index in [0.29, 0.717) is 35.7 Å². The van der Waals surface area contributed by atoms with Crippen LogP contribution >= 0.6 is 11.6 Å². The van der Waals surface area contributed by atoms with Crippen molar-refractivity contribution in [3.8, 4) is 0 Å². The van der Waals surface area contributed by atoms with Crippen LogP contribution in [0.5, 0.6) is 0 Å². The van der Waals surface area contributed by atoms with Crippen molar-refractivity contribution in [1.82, 2.24) is 10.2 Å². The van der Waals surface area contributed by atoms with Crippen LogP contribution in [0.3, 0.4) is 0 Å². The zero-order chi connectivity index (χ0) is 26.5. The number of nitrogens with one attached hydrogen (secondary N) is 1. The second kappa shape index (κ2) is 11.7. The van der Waals surface area contributed by atoms with Crippen molar-refractivity contribution >= 4 is 17.5 Å². The number of amides is 1. The highest BCUT2D eigenvalue weighted by molar-refractivity contribution is 6.30. The van der Waals surface area contributed by atoms with Gasteiger partial charge in [0.1, 0.15) is 0 Å². The van der Waals surface area contributed by atoms with Gasteiger partial charge in [0.2, 0.25) is 0 Å². The Morgan fingerprint density at radius 2 is 1.65 bits per heavy atom. The molecule has 0 radical (unpaired) electrons. The van der Waals surface area contributed by atoms with Crippen LogP contribution in [0, 0.1) is 0 Å². The molecule has 37 heavy (non-hydrogen) atoms. The Kier molecular flexibility index (Phi) is 8.60. The molecule has 0 aliphatic carbocycles. The van der Waals surface area contributed by atoms with Crippen molar-refractivity contribution in [1.29, 1.82) is 0 Å². The number of hydrogen-bond donors (Lipinski definition) is 1. The van der Waals surface area contributed by atoms with Gasteiger partial charge in [0, 0.05) is 29.1 Å². The summed E-state index contributed by atoms with van der Waals surface area (Å²) in [6.45, 7) is 4.50. The van der Waals surface area contributed by atoms with E-state index in [4.69, 9.17) is 11.6 Å². The molecule has 1 amide bonds. The van der Waals surface area contributed by atoms with E-state index in [0.717, 1.165) is 49.5 Å². The van der Waals surface area contributed by atoms with Gasteiger partial charge >= 0.3 is 6.18 Å². The van der Waals surface area contributed by atoms with Crippen molar-refractivity contribution in [2.24, 2.45) is 0 Å².